The quantitative estimate of drug-likeness (QED) is 0.138. The Morgan fingerprint density at radius 2 is 1.05 bits per heavy atom. The highest BCUT2D eigenvalue weighted by atomic mass is 14.7. The molecule has 1 nitrogen and oxygen atoms in total. The van der Waals surface area contributed by atoms with Crippen molar-refractivity contribution in [3.05, 3.63) is 243 Å². The lowest BCUT2D eigenvalue weighted by Gasteiger charge is -2.50. The van der Waals surface area contributed by atoms with E-state index in [4.69, 9.17) is 4.99 Å². The molecule has 0 N–H and O–H groups in total. The fraction of sp³-hybridized carbons (Fsp3) is 0.161. The Balaban J connectivity index is 1.32. The van der Waals surface area contributed by atoms with Crippen molar-refractivity contribution < 1.29 is 0 Å². The first-order chi connectivity index (χ1) is 28.2. The van der Waals surface area contributed by atoms with Crippen LogP contribution >= 0.6 is 0 Å². The molecule has 2 spiro atoms. The third-order valence-electron chi connectivity index (χ3n) is 12.9. The summed E-state index contributed by atoms with van der Waals surface area (Å²) < 4.78 is 0. The molecule has 276 valence electrons. The van der Waals surface area contributed by atoms with Crippen molar-refractivity contribution in [3.8, 4) is 22.3 Å². The topological polar surface area (TPSA) is 12.4 Å². The molecule has 0 heterocycles. The number of allylic oxidation sites excluding steroid dienone is 4. The molecule has 0 aromatic heterocycles. The van der Waals surface area contributed by atoms with Gasteiger partial charge in [0.25, 0.3) is 0 Å². The van der Waals surface area contributed by atoms with Crippen molar-refractivity contribution in [1.29, 1.82) is 0 Å². The van der Waals surface area contributed by atoms with Crippen LogP contribution in [0.1, 0.15) is 95.7 Å². The van der Waals surface area contributed by atoms with Crippen LogP contribution in [0.3, 0.4) is 0 Å². The number of fused-ring (bicyclic) bond motifs is 13. The summed E-state index contributed by atoms with van der Waals surface area (Å²) >= 11 is 0. The molecule has 3 aliphatic rings. The van der Waals surface area contributed by atoms with E-state index < -0.39 is 10.8 Å². The average Bonchev–Trinajstić information content (AvgIpc) is 3.73. The van der Waals surface area contributed by atoms with E-state index in [-0.39, 0.29) is 0 Å². The van der Waals surface area contributed by atoms with Crippen molar-refractivity contribution in [2.75, 3.05) is 0 Å². The molecule has 0 aliphatic heterocycles. The smallest absolute Gasteiger partial charge is 0.0726 e. The normalized spacial score (nSPS) is 17.1. The van der Waals surface area contributed by atoms with E-state index in [1.54, 1.807) is 0 Å². The zero-order valence-electron chi connectivity index (χ0n) is 33.1. The lowest BCUT2D eigenvalue weighted by Crippen LogP contribution is -2.45. The third-order valence-corrected chi connectivity index (χ3v) is 12.9. The molecule has 10 rings (SSSR count). The van der Waals surface area contributed by atoms with Gasteiger partial charge in [0.15, 0.2) is 0 Å². The van der Waals surface area contributed by atoms with Gasteiger partial charge in [-0.2, -0.15) is 0 Å². The number of nitrogens with zero attached hydrogens (tertiary/aromatic N) is 1. The lowest BCUT2D eigenvalue weighted by molar-refractivity contribution is 0.628. The molecule has 0 saturated heterocycles. The minimum absolute atomic E-state index is 0.504. The Labute approximate surface area is 337 Å². The van der Waals surface area contributed by atoms with E-state index >= 15 is 0 Å². The molecule has 0 bridgehead atoms. The molecule has 7 aromatic rings. The highest BCUT2D eigenvalue weighted by molar-refractivity contribution is 6.05. The van der Waals surface area contributed by atoms with Crippen LogP contribution in [-0.4, -0.2) is 5.71 Å². The maximum Gasteiger partial charge on any atom is 0.0726 e. The molecule has 1 unspecified atom stereocenters. The van der Waals surface area contributed by atoms with E-state index in [2.05, 4.69) is 203 Å². The summed E-state index contributed by atoms with van der Waals surface area (Å²) in [5.41, 5.74) is 21.4. The zero-order chi connectivity index (χ0) is 38.6. The predicted molar refractivity (Wildman–Crippen MR) is 239 cm³/mol. The Hall–Kier alpha value is -6.31. The predicted octanol–water partition coefficient (Wildman–Crippen LogP) is 13.9. The zero-order valence-corrected chi connectivity index (χ0v) is 33.1. The van der Waals surface area contributed by atoms with Gasteiger partial charge in [0, 0.05) is 11.3 Å². The van der Waals surface area contributed by atoms with Gasteiger partial charge in [0.05, 0.1) is 17.4 Å². The van der Waals surface area contributed by atoms with Gasteiger partial charge in [-0.3, -0.25) is 4.99 Å². The fourth-order valence-corrected chi connectivity index (χ4v) is 10.8. The number of hydrogen-bond donors (Lipinski definition) is 0. The summed E-state index contributed by atoms with van der Waals surface area (Å²) in [5, 5.41) is 0. The van der Waals surface area contributed by atoms with Crippen LogP contribution in [0.25, 0.3) is 27.8 Å². The highest BCUT2D eigenvalue weighted by Gasteiger charge is 2.59. The number of hydrogen-bond acceptors (Lipinski definition) is 1. The van der Waals surface area contributed by atoms with Crippen LogP contribution in [0.15, 0.2) is 193 Å². The molecular formula is C56H47N. The van der Waals surface area contributed by atoms with Crippen molar-refractivity contribution in [1.82, 2.24) is 0 Å². The Bertz CT molecular complexity index is 2730. The molecule has 0 fully saturated rings. The maximum atomic E-state index is 5.60. The average molecular weight is 734 g/mol. The highest BCUT2D eigenvalue weighted by Crippen LogP contribution is 2.67. The summed E-state index contributed by atoms with van der Waals surface area (Å²) in [6, 6.07) is 63.8. The standard InChI is InChI=1S/C56H47N/c1-4-7-29-46-41(5-2)42-25-11-14-30-47(42)55(46)50-33-17-18-34-51(50)56(48-31-15-12-26-43(48)44-27-13-16-32-49(44)56)54-45(28-20-35-52(54)55)53(6-3)57-37-38-21-19-24-40(36-38)39-22-9-8-10-23-39/h7-36H,4-6,37H2,1-3H3/b29-7-,57-53?. The SMILES string of the molecule is CC/C=C\C1=C(CC)c2ccccc2C12c1ccccc1C1(c3ccccc3-c3ccccc31)c1c(C(CC)=NCc3cccc(-c4ccccc4)c3)cccc12. The molecule has 0 saturated carbocycles. The molecule has 1 heteroatoms. The van der Waals surface area contributed by atoms with Crippen LogP contribution in [-0.2, 0) is 17.4 Å². The second-order valence-electron chi connectivity index (χ2n) is 15.6. The Kier molecular flexibility index (Phi) is 8.64. The van der Waals surface area contributed by atoms with E-state index in [1.807, 2.05) is 0 Å². The summed E-state index contributed by atoms with van der Waals surface area (Å²) in [6.07, 6.45) is 7.59. The minimum atomic E-state index is -0.548. The Morgan fingerprint density at radius 3 is 1.70 bits per heavy atom. The second-order valence-corrected chi connectivity index (χ2v) is 15.6. The van der Waals surface area contributed by atoms with Gasteiger partial charge in [0.1, 0.15) is 0 Å². The molecule has 1 atom stereocenters. The van der Waals surface area contributed by atoms with Gasteiger partial charge in [-0.15, -0.1) is 0 Å². The van der Waals surface area contributed by atoms with E-state index in [0.717, 1.165) is 25.0 Å². The molecular weight excluding hydrogens is 687 g/mol. The largest absolute Gasteiger partial charge is 0.284 e. The van der Waals surface area contributed by atoms with E-state index in [1.165, 1.54) is 89.0 Å². The molecule has 3 aliphatic carbocycles. The molecule has 0 amide bonds. The van der Waals surface area contributed by atoms with Gasteiger partial charge in [0.2, 0.25) is 0 Å². The first-order valence-electron chi connectivity index (χ1n) is 20.8. The van der Waals surface area contributed by atoms with E-state index in [9.17, 15) is 0 Å². The monoisotopic (exact) mass is 733 g/mol. The van der Waals surface area contributed by atoms with Crippen molar-refractivity contribution in [2.45, 2.75) is 57.4 Å². The van der Waals surface area contributed by atoms with Crippen LogP contribution in [0.2, 0.25) is 0 Å². The fourth-order valence-electron chi connectivity index (χ4n) is 10.8. The van der Waals surface area contributed by atoms with Crippen LogP contribution in [0.4, 0.5) is 0 Å². The van der Waals surface area contributed by atoms with Crippen molar-refractivity contribution in [3.63, 3.8) is 0 Å². The summed E-state index contributed by atoms with van der Waals surface area (Å²) in [6.45, 7) is 7.47. The number of aliphatic imine (C=N–C) groups is 1. The Morgan fingerprint density at radius 1 is 0.509 bits per heavy atom. The summed E-state index contributed by atoms with van der Waals surface area (Å²) in [4.78, 5) is 5.60. The van der Waals surface area contributed by atoms with Gasteiger partial charge < -0.3 is 0 Å². The van der Waals surface area contributed by atoms with Crippen molar-refractivity contribution in [2.24, 2.45) is 4.99 Å². The first kappa shape index (κ1) is 35.1. The summed E-state index contributed by atoms with van der Waals surface area (Å²) in [7, 11) is 0. The van der Waals surface area contributed by atoms with Crippen LogP contribution in [0, 0.1) is 0 Å². The summed E-state index contributed by atoms with van der Waals surface area (Å²) in [5.74, 6) is 0. The van der Waals surface area contributed by atoms with E-state index in [0.29, 0.717) is 6.54 Å². The first-order valence-corrected chi connectivity index (χ1v) is 20.8. The van der Waals surface area contributed by atoms with Crippen LogP contribution < -0.4 is 0 Å². The van der Waals surface area contributed by atoms with Crippen LogP contribution in [0.5, 0.6) is 0 Å². The van der Waals surface area contributed by atoms with Gasteiger partial charge >= 0.3 is 0 Å². The van der Waals surface area contributed by atoms with Gasteiger partial charge in [-0.1, -0.05) is 197 Å². The van der Waals surface area contributed by atoms with Gasteiger partial charge in [-0.25, -0.2) is 0 Å². The number of benzene rings is 7. The maximum absolute atomic E-state index is 5.60. The second kappa shape index (κ2) is 14.0. The molecule has 7 aromatic carbocycles. The number of rotatable bonds is 8. The minimum Gasteiger partial charge on any atom is -0.284 e. The lowest BCUT2D eigenvalue weighted by atomic mass is 9.51. The molecule has 57 heavy (non-hydrogen) atoms. The molecule has 0 radical (unpaired) electrons. The van der Waals surface area contributed by atoms with Crippen molar-refractivity contribution >= 4 is 11.3 Å². The van der Waals surface area contributed by atoms with Gasteiger partial charge in [-0.05, 0) is 109 Å². The third kappa shape index (κ3) is 4.98.